The van der Waals surface area contributed by atoms with Gasteiger partial charge in [-0.3, -0.25) is 0 Å². The van der Waals surface area contributed by atoms with Crippen molar-refractivity contribution in [1.82, 2.24) is 0 Å². The molecule has 1 aromatic rings. The SMILES string of the molecule is CSCCCNc1cc(F)c(Cl)cc1N. The van der Waals surface area contributed by atoms with Crippen molar-refractivity contribution in [2.45, 2.75) is 6.42 Å². The highest BCUT2D eigenvalue weighted by molar-refractivity contribution is 7.98. The van der Waals surface area contributed by atoms with Crippen molar-refractivity contribution >= 4 is 34.7 Å². The van der Waals surface area contributed by atoms with Crippen LogP contribution in [0.2, 0.25) is 5.02 Å². The summed E-state index contributed by atoms with van der Waals surface area (Å²) in [5.41, 5.74) is 6.77. The van der Waals surface area contributed by atoms with Crippen LogP contribution in [0.15, 0.2) is 12.1 Å². The maximum atomic E-state index is 13.1. The number of hydrogen-bond acceptors (Lipinski definition) is 3. The molecule has 15 heavy (non-hydrogen) atoms. The fourth-order valence-electron chi connectivity index (χ4n) is 1.15. The molecule has 0 fully saturated rings. The number of nitrogens with one attached hydrogen (secondary N) is 1. The summed E-state index contributed by atoms with van der Waals surface area (Å²) < 4.78 is 13.1. The first-order valence-corrected chi connectivity index (χ1v) is 6.39. The van der Waals surface area contributed by atoms with Crippen LogP contribution < -0.4 is 11.1 Å². The highest BCUT2D eigenvalue weighted by Gasteiger charge is 2.05. The van der Waals surface area contributed by atoms with Crippen molar-refractivity contribution in [2.24, 2.45) is 0 Å². The number of thioether (sulfide) groups is 1. The lowest BCUT2D eigenvalue weighted by molar-refractivity contribution is 0.629. The van der Waals surface area contributed by atoms with E-state index in [2.05, 4.69) is 11.6 Å². The first kappa shape index (κ1) is 12.5. The minimum Gasteiger partial charge on any atom is -0.397 e. The van der Waals surface area contributed by atoms with Crippen LogP contribution in [0.25, 0.3) is 0 Å². The predicted octanol–water partition coefficient (Wildman–Crippen LogP) is 3.23. The molecule has 2 nitrogen and oxygen atoms in total. The summed E-state index contributed by atoms with van der Waals surface area (Å²) in [6, 6.07) is 2.75. The second kappa shape index (κ2) is 6.08. The van der Waals surface area contributed by atoms with Gasteiger partial charge in [-0.25, -0.2) is 4.39 Å². The van der Waals surface area contributed by atoms with E-state index < -0.39 is 5.82 Å². The lowest BCUT2D eigenvalue weighted by Crippen LogP contribution is -2.05. The standard InChI is InChI=1S/C10H14ClFN2S/c1-15-4-2-3-14-10-6-8(12)7(11)5-9(10)13/h5-6,14H,2-4,13H2,1H3. The summed E-state index contributed by atoms with van der Waals surface area (Å²) in [4.78, 5) is 0. The van der Waals surface area contributed by atoms with Crippen molar-refractivity contribution < 1.29 is 4.39 Å². The van der Waals surface area contributed by atoms with Gasteiger partial charge in [0.15, 0.2) is 0 Å². The predicted molar refractivity (Wildman–Crippen MR) is 67.3 cm³/mol. The Morgan fingerprint density at radius 2 is 2.27 bits per heavy atom. The number of nitrogens with two attached hydrogens (primary N) is 1. The van der Waals surface area contributed by atoms with Crippen molar-refractivity contribution in [3.8, 4) is 0 Å². The molecule has 0 heterocycles. The highest BCUT2D eigenvalue weighted by Crippen LogP contribution is 2.25. The molecule has 0 bridgehead atoms. The van der Waals surface area contributed by atoms with E-state index in [4.69, 9.17) is 17.3 Å². The van der Waals surface area contributed by atoms with Crippen LogP contribution in [0.5, 0.6) is 0 Å². The fourth-order valence-corrected chi connectivity index (χ4v) is 1.76. The van der Waals surface area contributed by atoms with Gasteiger partial charge in [0, 0.05) is 12.6 Å². The number of anilines is 2. The summed E-state index contributed by atoms with van der Waals surface area (Å²) in [5.74, 6) is 0.626. The van der Waals surface area contributed by atoms with Gasteiger partial charge in [-0.1, -0.05) is 11.6 Å². The lowest BCUT2D eigenvalue weighted by atomic mass is 10.2. The van der Waals surface area contributed by atoms with E-state index in [1.165, 1.54) is 12.1 Å². The maximum Gasteiger partial charge on any atom is 0.143 e. The molecule has 0 aliphatic heterocycles. The summed E-state index contributed by atoms with van der Waals surface area (Å²) in [6.45, 7) is 0.784. The minimum absolute atomic E-state index is 0.0576. The van der Waals surface area contributed by atoms with Crippen LogP contribution in [0.1, 0.15) is 6.42 Å². The zero-order valence-corrected chi connectivity index (χ0v) is 10.1. The molecular formula is C10H14ClFN2S. The van der Waals surface area contributed by atoms with E-state index >= 15 is 0 Å². The van der Waals surface area contributed by atoms with Gasteiger partial charge in [0.2, 0.25) is 0 Å². The molecule has 5 heteroatoms. The first-order valence-electron chi connectivity index (χ1n) is 4.62. The van der Waals surface area contributed by atoms with Gasteiger partial charge in [0.25, 0.3) is 0 Å². The highest BCUT2D eigenvalue weighted by atomic mass is 35.5. The van der Waals surface area contributed by atoms with E-state index in [-0.39, 0.29) is 5.02 Å². The van der Waals surface area contributed by atoms with Crippen LogP contribution in [0.3, 0.4) is 0 Å². The summed E-state index contributed by atoms with van der Waals surface area (Å²) in [7, 11) is 0. The van der Waals surface area contributed by atoms with Crippen molar-refractivity contribution in [2.75, 3.05) is 29.6 Å². The Kier molecular flexibility index (Phi) is 5.05. The molecule has 3 N–H and O–H groups in total. The molecule has 0 spiro atoms. The second-order valence-corrected chi connectivity index (χ2v) is 4.52. The molecule has 0 aliphatic rings. The normalized spacial score (nSPS) is 10.3. The Balaban J connectivity index is 2.57. The second-order valence-electron chi connectivity index (χ2n) is 3.13. The van der Waals surface area contributed by atoms with Crippen LogP contribution in [0, 0.1) is 5.82 Å². The van der Waals surface area contributed by atoms with Gasteiger partial charge < -0.3 is 11.1 Å². The zero-order chi connectivity index (χ0) is 11.3. The van der Waals surface area contributed by atoms with E-state index in [1.54, 1.807) is 11.8 Å². The van der Waals surface area contributed by atoms with E-state index in [0.717, 1.165) is 18.7 Å². The number of nitrogen functional groups attached to an aromatic ring is 1. The molecule has 0 unspecified atom stereocenters. The quantitative estimate of drug-likeness (QED) is 0.621. The van der Waals surface area contributed by atoms with Crippen molar-refractivity contribution in [3.05, 3.63) is 23.0 Å². The Labute approximate surface area is 98.4 Å². The number of halogens is 2. The number of rotatable bonds is 5. The Hall–Kier alpha value is -0.610. The Bertz CT molecular complexity index is 333. The first-order chi connectivity index (χ1) is 7.15. The van der Waals surface area contributed by atoms with E-state index in [9.17, 15) is 4.39 Å². The topological polar surface area (TPSA) is 38.0 Å². The Morgan fingerprint density at radius 3 is 2.93 bits per heavy atom. The average Bonchev–Trinajstić information content (AvgIpc) is 2.20. The average molecular weight is 249 g/mol. The monoisotopic (exact) mass is 248 g/mol. The van der Waals surface area contributed by atoms with Gasteiger partial charge in [-0.2, -0.15) is 11.8 Å². The largest absolute Gasteiger partial charge is 0.397 e. The smallest absolute Gasteiger partial charge is 0.143 e. The molecule has 0 radical (unpaired) electrons. The molecular weight excluding hydrogens is 235 g/mol. The third kappa shape index (κ3) is 3.80. The van der Waals surface area contributed by atoms with Crippen molar-refractivity contribution in [1.29, 1.82) is 0 Å². The van der Waals surface area contributed by atoms with E-state index in [1.807, 2.05) is 0 Å². The van der Waals surface area contributed by atoms with Gasteiger partial charge >= 0.3 is 0 Å². The van der Waals surface area contributed by atoms with Gasteiger partial charge in [0.1, 0.15) is 5.82 Å². The fraction of sp³-hybridized carbons (Fsp3) is 0.400. The summed E-state index contributed by atoms with van der Waals surface area (Å²) in [5, 5.41) is 3.14. The van der Waals surface area contributed by atoms with Crippen molar-refractivity contribution in [3.63, 3.8) is 0 Å². The number of hydrogen-bond donors (Lipinski definition) is 2. The summed E-state index contributed by atoms with van der Waals surface area (Å²) in [6.07, 6.45) is 3.07. The van der Waals surface area contributed by atoms with Gasteiger partial charge in [-0.05, 0) is 24.5 Å². The molecule has 1 rings (SSSR count). The van der Waals surface area contributed by atoms with Crippen LogP contribution in [-0.2, 0) is 0 Å². The van der Waals surface area contributed by atoms with Crippen LogP contribution in [-0.4, -0.2) is 18.6 Å². The molecule has 0 saturated carbocycles. The van der Waals surface area contributed by atoms with Gasteiger partial charge in [-0.15, -0.1) is 0 Å². The maximum absolute atomic E-state index is 13.1. The zero-order valence-electron chi connectivity index (χ0n) is 8.52. The molecule has 0 atom stereocenters. The van der Waals surface area contributed by atoms with Crippen LogP contribution >= 0.6 is 23.4 Å². The summed E-state index contributed by atoms with van der Waals surface area (Å²) >= 11 is 7.36. The molecule has 1 aromatic carbocycles. The third-order valence-corrected chi connectivity index (χ3v) is 2.92. The van der Waals surface area contributed by atoms with E-state index in [0.29, 0.717) is 11.4 Å². The number of benzene rings is 1. The Morgan fingerprint density at radius 1 is 1.53 bits per heavy atom. The van der Waals surface area contributed by atoms with Gasteiger partial charge in [0.05, 0.1) is 16.4 Å². The molecule has 0 aliphatic carbocycles. The molecule has 0 saturated heterocycles. The third-order valence-electron chi connectivity index (χ3n) is 1.93. The minimum atomic E-state index is -0.446. The lowest BCUT2D eigenvalue weighted by Gasteiger charge is -2.09. The molecule has 84 valence electrons. The molecule has 0 amide bonds. The molecule has 0 aromatic heterocycles. The van der Waals surface area contributed by atoms with Crippen LogP contribution in [0.4, 0.5) is 15.8 Å².